The Bertz CT molecular complexity index is 2110. The molecule has 0 bridgehead atoms. The third-order valence-corrected chi connectivity index (χ3v) is 8.52. The van der Waals surface area contributed by atoms with Crippen LogP contribution in [0.5, 0.6) is 11.5 Å². The number of nitrogens with zero attached hydrogens (tertiary/aromatic N) is 2. The first-order valence-electron chi connectivity index (χ1n) is 12.3. The van der Waals surface area contributed by atoms with E-state index in [1.807, 2.05) is 0 Å². The summed E-state index contributed by atoms with van der Waals surface area (Å²) in [5.41, 5.74) is 5.69. The minimum Gasteiger partial charge on any atom is -0.495 e. The van der Waals surface area contributed by atoms with Crippen LogP contribution in [-0.4, -0.2) is 41.4 Å². The molecule has 0 radical (unpaired) electrons. The molecular weight excluding hydrogens is 670 g/mol. The van der Waals surface area contributed by atoms with Crippen LogP contribution in [0.1, 0.15) is 18.8 Å². The SMILES string of the molecule is C.COc1ccccc1S(=O)(=O)Cl.COc1ccccc1S(=O)(=O)Nc1noc2cccc(F)c12.Nc1noc2c1C(F)=C[C+]=C2. The van der Waals surface area contributed by atoms with E-state index in [0.717, 1.165) is 0 Å². The van der Waals surface area contributed by atoms with E-state index in [0.29, 0.717) is 5.76 Å². The van der Waals surface area contributed by atoms with Gasteiger partial charge in [0, 0.05) is 16.8 Å². The first-order chi connectivity index (χ1) is 21.4. The van der Waals surface area contributed by atoms with Gasteiger partial charge in [-0.15, -0.1) is 4.39 Å². The molecule has 0 spiro atoms. The Hall–Kier alpha value is -5.02. The molecule has 3 N–H and O–H groups in total. The van der Waals surface area contributed by atoms with Crippen molar-refractivity contribution >= 4 is 64.3 Å². The summed E-state index contributed by atoms with van der Waals surface area (Å²) in [7, 11) is 0.188. The zero-order chi connectivity index (χ0) is 32.8. The lowest BCUT2D eigenvalue weighted by atomic mass is 10.1. The maximum atomic E-state index is 13.8. The van der Waals surface area contributed by atoms with Crippen LogP contribution in [-0.2, 0) is 19.1 Å². The van der Waals surface area contributed by atoms with Crippen molar-refractivity contribution in [1.82, 2.24) is 10.3 Å². The van der Waals surface area contributed by atoms with Crippen molar-refractivity contribution in [2.75, 3.05) is 24.7 Å². The van der Waals surface area contributed by atoms with Crippen LogP contribution in [0.25, 0.3) is 22.9 Å². The number of fused-ring (bicyclic) bond motifs is 2. The van der Waals surface area contributed by atoms with Crippen LogP contribution in [0, 0.1) is 11.9 Å². The Balaban J connectivity index is 0.000000203. The highest BCUT2D eigenvalue weighted by atomic mass is 35.7. The number of nitrogens with two attached hydrogens (primary N) is 1. The van der Waals surface area contributed by atoms with Crippen molar-refractivity contribution in [3.8, 4) is 11.5 Å². The van der Waals surface area contributed by atoms with E-state index in [-0.39, 0.29) is 56.9 Å². The summed E-state index contributed by atoms with van der Waals surface area (Å²) in [6.07, 6.45) is 5.23. The van der Waals surface area contributed by atoms with Crippen molar-refractivity contribution in [3.63, 3.8) is 0 Å². The lowest BCUT2D eigenvalue weighted by Crippen LogP contribution is -2.14. The Morgan fingerprint density at radius 3 is 2.07 bits per heavy atom. The minimum absolute atomic E-state index is 0. The summed E-state index contributed by atoms with van der Waals surface area (Å²) in [6.45, 7) is 0. The number of nitrogen functional groups attached to an aromatic ring is 1. The molecule has 1 aliphatic rings. The molecule has 1 aliphatic carbocycles. The number of halogens is 3. The summed E-state index contributed by atoms with van der Waals surface area (Å²) in [5.74, 6) is -0.471. The van der Waals surface area contributed by atoms with Gasteiger partial charge in [0.15, 0.2) is 17.5 Å². The number of nitrogens with one attached hydrogen (secondary N) is 1. The topological polar surface area (TPSA) is 177 Å². The van der Waals surface area contributed by atoms with Crippen molar-refractivity contribution in [2.45, 2.75) is 17.2 Å². The largest absolute Gasteiger partial charge is 0.495 e. The summed E-state index contributed by atoms with van der Waals surface area (Å²) in [6, 6.07) is 16.4. The number of ether oxygens (including phenoxy) is 2. The van der Waals surface area contributed by atoms with Crippen molar-refractivity contribution in [3.05, 3.63) is 96.0 Å². The molecule has 6 rings (SSSR count). The smallest absolute Gasteiger partial charge is 0.287 e. The molecule has 0 fully saturated rings. The van der Waals surface area contributed by atoms with Crippen LogP contribution in [0.15, 0.2) is 91.6 Å². The van der Waals surface area contributed by atoms with Gasteiger partial charge < -0.3 is 19.7 Å². The second-order valence-electron chi connectivity index (χ2n) is 8.60. The molecule has 17 heteroatoms. The fraction of sp³-hybridized carbons (Fsp3) is 0.103. The van der Waals surface area contributed by atoms with E-state index in [4.69, 9.17) is 30.4 Å². The fourth-order valence-corrected chi connectivity index (χ4v) is 5.97. The van der Waals surface area contributed by atoms with Gasteiger partial charge in [-0.25, -0.2) is 21.2 Å². The second kappa shape index (κ2) is 14.8. The Kier molecular flexibility index (Phi) is 11.4. The normalized spacial score (nSPS) is 11.7. The first kappa shape index (κ1) is 35.5. The number of methoxy groups -OCH3 is 2. The highest BCUT2D eigenvalue weighted by Crippen LogP contribution is 2.31. The molecule has 0 aliphatic heterocycles. The number of aromatic nitrogens is 2. The molecule has 242 valence electrons. The van der Waals surface area contributed by atoms with Crippen LogP contribution in [0.2, 0.25) is 0 Å². The molecule has 0 saturated carbocycles. The third kappa shape index (κ3) is 7.97. The predicted octanol–water partition coefficient (Wildman–Crippen LogP) is 6.43. The van der Waals surface area contributed by atoms with E-state index >= 15 is 0 Å². The zero-order valence-electron chi connectivity index (χ0n) is 23.2. The molecule has 46 heavy (non-hydrogen) atoms. The van der Waals surface area contributed by atoms with Gasteiger partial charge in [-0.1, -0.05) is 42.9 Å². The zero-order valence-corrected chi connectivity index (χ0v) is 25.6. The monoisotopic (exact) mass is 695 g/mol. The maximum Gasteiger partial charge on any atom is 0.287 e. The molecular formula is C29H26ClF2N4O8S2+. The summed E-state index contributed by atoms with van der Waals surface area (Å²) in [5, 5.41) is 6.95. The lowest BCUT2D eigenvalue weighted by molar-refractivity contribution is 0.403. The van der Waals surface area contributed by atoms with Gasteiger partial charge in [-0.3, -0.25) is 9.25 Å². The summed E-state index contributed by atoms with van der Waals surface area (Å²) >= 11 is 0. The van der Waals surface area contributed by atoms with E-state index in [9.17, 15) is 25.6 Å². The molecule has 5 aromatic rings. The number of para-hydroxylation sites is 2. The van der Waals surface area contributed by atoms with Crippen molar-refractivity contribution in [1.29, 1.82) is 0 Å². The molecule has 2 heterocycles. The van der Waals surface area contributed by atoms with E-state index in [1.54, 1.807) is 24.3 Å². The number of hydrogen-bond acceptors (Lipinski definition) is 11. The maximum absolute atomic E-state index is 13.8. The number of allylic oxidation sites excluding steroid dienone is 2. The molecule has 3 aromatic carbocycles. The van der Waals surface area contributed by atoms with Gasteiger partial charge in [-0.05, 0) is 41.6 Å². The Morgan fingerprint density at radius 1 is 0.870 bits per heavy atom. The number of anilines is 2. The molecule has 0 saturated heterocycles. The highest BCUT2D eigenvalue weighted by molar-refractivity contribution is 8.13. The molecule has 0 atom stereocenters. The number of sulfonamides is 1. The number of rotatable bonds is 6. The number of hydrogen-bond donors (Lipinski definition) is 2. The van der Waals surface area contributed by atoms with Gasteiger partial charge in [0.25, 0.3) is 30.7 Å². The highest BCUT2D eigenvalue weighted by Gasteiger charge is 2.28. The average Bonchev–Trinajstić information content (AvgIpc) is 3.61. The first-order valence-corrected chi connectivity index (χ1v) is 16.1. The fourth-order valence-electron chi connectivity index (χ4n) is 3.78. The van der Waals surface area contributed by atoms with E-state index in [2.05, 4.69) is 25.6 Å². The van der Waals surface area contributed by atoms with Gasteiger partial charge >= 0.3 is 0 Å². The second-order valence-corrected chi connectivity index (χ2v) is 12.8. The lowest BCUT2D eigenvalue weighted by Gasteiger charge is -2.09. The van der Waals surface area contributed by atoms with E-state index in [1.165, 1.54) is 68.8 Å². The Morgan fingerprint density at radius 2 is 1.48 bits per heavy atom. The van der Waals surface area contributed by atoms with E-state index < -0.39 is 30.7 Å². The van der Waals surface area contributed by atoms with Crippen LogP contribution in [0.4, 0.5) is 20.4 Å². The summed E-state index contributed by atoms with van der Waals surface area (Å²) in [4.78, 5) is -0.0841. The van der Waals surface area contributed by atoms with Crippen LogP contribution >= 0.6 is 10.7 Å². The third-order valence-electron chi connectivity index (χ3n) is 5.78. The predicted molar refractivity (Wildman–Crippen MR) is 168 cm³/mol. The van der Waals surface area contributed by atoms with Gasteiger partial charge in [0.1, 0.15) is 38.6 Å². The van der Waals surface area contributed by atoms with Gasteiger partial charge in [-0.2, -0.15) is 0 Å². The summed E-state index contributed by atoms with van der Waals surface area (Å²) < 4.78 is 95.0. The van der Waals surface area contributed by atoms with Gasteiger partial charge in [0.05, 0.1) is 14.2 Å². The van der Waals surface area contributed by atoms with Gasteiger partial charge in [0.2, 0.25) is 11.4 Å². The van der Waals surface area contributed by atoms with Crippen molar-refractivity contribution in [2.24, 2.45) is 0 Å². The molecule has 0 unspecified atom stereocenters. The molecule has 0 amide bonds. The minimum atomic E-state index is -4.00. The van der Waals surface area contributed by atoms with Crippen molar-refractivity contribution < 1.29 is 44.1 Å². The Labute approximate surface area is 267 Å². The average molecular weight is 696 g/mol. The van der Waals surface area contributed by atoms with Crippen LogP contribution < -0.4 is 19.9 Å². The quantitative estimate of drug-likeness (QED) is 0.148. The standard InChI is InChI=1S/C14H11FN2O4S.C7H7ClO3S.C7H4FN2O.CH4/c1-20-10-6-2-3-8-12(10)22(18,19)17-14-13-9(15)5-4-7-11(13)21-16-14;1-11-6-4-2-3-5-7(6)12(8,9)10;8-4-2-1-3-5-6(4)7(9)10-11-5;/h2-8H,1H3,(H,16,17);2-5H,1H3;2-3H,(H2,9,10);1H4/q;;+1;. The molecule has 12 nitrogen and oxygen atoms in total. The number of benzene rings is 3. The molecule has 2 aromatic heterocycles. The van der Waals surface area contributed by atoms with Crippen LogP contribution in [0.3, 0.4) is 0 Å².